The van der Waals surface area contributed by atoms with Crippen molar-refractivity contribution in [1.82, 2.24) is 10.3 Å². The van der Waals surface area contributed by atoms with E-state index in [1.807, 2.05) is 30.3 Å². The van der Waals surface area contributed by atoms with Crippen LogP contribution < -0.4 is 10.6 Å². The summed E-state index contributed by atoms with van der Waals surface area (Å²) in [4.78, 5) is 16.1. The van der Waals surface area contributed by atoms with Crippen LogP contribution in [0.15, 0.2) is 48.7 Å². The van der Waals surface area contributed by atoms with Gasteiger partial charge < -0.3 is 5.32 Å². The molecule has 0 unspecified atom stereocenters. The Bertz CT molecular complexity index is 626. The fraction of sp³-hybridized carbons (Fsp3) is 0.200. The van der Waals surface area contributed by atoms with Crippen LogP contribution in [0.2, 0.25) is 5.02 Å². The molecule has 0 aliphatic heterocycles. The van der Waals surface area contributed by atoms with E-state index >= 15 is 0 Å². The monoisotopic (exact) mass is 287 g/mol. The van der Waals surface area contributed by atoms with E-state index in [-0.39, 0.29) is 11.6 Å². The summed E-state index contributed by atoms with van der Waals surface area (Å²) in [6.07, 6.45) is 3.48. The summed E-state index contributed by atoms with van der Waals surface area (Å²) in [5, 5.41) is 6.42. The molecule has 1 saturated carbocycles. The normalized spacial score (nSPS) is 15.4. The maximum atomic E-state index is 12.0. The maximum Gasteiger partial charge on any atom is 0.321 e. The minimum Gasteiger partial charge on any atom is -0.328 e. The van der Waals surface area contributed by atoms with Crippen LogP contribution in [-0.2, 0) is 5.54 Å². The molecular weight excluding hydrogens is 274 g/mol. The molecule has 2 aromatic rings. The van der Waals surface area contributed by atoms with Gasteiger partial charge in [0.1, 0.15) is 5.82 Å². The highest BCUT2D eigenvalue weighted by molar-refractivity contribution is 6.30. The van der Waals surface area contributed by atoms with Gasteiger partial charge >= 0.3 is 6.03 Å². The molecule has 4 nitrogen and oxygen atoms in total. The largest absolute Gasteiger partial charge is 0.328 e. The molecule has 1 aliphatic carbocycles. The number of urea groups is 1. The summed E-state index contributed by atoms with van der Waals surface area (Å²) in [7, 11) is 0. The van der Waals surface area contributed by atoms with Gasteiger partial charge in [0.2, 0.25) is 0 Å². The minimum atomic E-state index is -0.288. The first-order valence-electron chi connectivity index (χ1n) is 6.44. The second kappa shape index (κ2) is 5.13. The summed E-state index contributed by atoms with van der Waals surface area (Å²) in [5.41, 5.74) is 0.755. The highest BCUT2D eigenvalue weighted by Gasteiger charge is 2.45. The predicted molar refractivity (Wildman–Crippen MR) is 78.8 cm³/mol. The molecule has 1 aliphatic rings. The average Bonchev–Trinajstić information content (AvgIpc) is 3.20. The molecule has 20 heavy (non-hydrogen) atoms. The number of carbonyl (C=O) groups excluding carboxylic acids is 1. The first kappa shape index (κ1) is 12.9. The predicted octanol–water partition coefficient (Wildman–Crippen LogP) is 3.55. The smallest absolute Gasteiger partial charge is 0.321 e. The number of halogens is 1. The van der Waals surface area contributed by atoms with Crippen molar-refractivity contribution < 1.29 is 4.79 Å². The van der Waals surface area contributed by atoms with E-state index in [9.17, 15) is 4.79 Å². The number of nitrogens with one attached hydrogen (secondary N) is 2. The van der Waals surface area contributed by atoms with Crippen LogP contribution in [-0.4, -0.2) is 11.0 Å². The van der Waals surface area contributed by atoms with Gasteiger partial charge in [0.15, 0.2) is 0 Å². The van der Waals surface area contributed by atoms with Crippen molar-refractivity contribution in [2.45, 2.75) is 18.4 Å². The lowest BCUT2D eigenvalue weighted by Crippen LogP contribution is -2.38. The van der Waals surface area contributed by atoms with Crippen molar-refractivity contribution >= 4 is 23.4 Å². The molecule has 0 atom stereocenters. The van der Waals surface area contributed by atoms with E-state index in [1.54, 1.807) is 18.3 Å². The number of carbonyl (C=O) groups is 1. The zero-order valence-corrected chi connectivity index (χ0v) is 11.5. The van der Waals surface area contributed by atoms with Crippen molar-refractivity contribution in [3.63, 3.8) is 0 Å². The molecule has 5 heteroatoms. The third kappa shape index (κ3) is 2.75. The zero-order chi connectivity index (χ0) is 14.0. The number of anilines is 1. The van der Waals surface area contributed by atoms with Crippen molar-refractivity contribution in [1.29, 1.82) is 0 Å². The molecule has 102 valence electrons. The van der Waals surface area contributed by atoms with Gasteiger partial charge in [-0.3, -0.25) is 5.32 Å². The Morgan fingerprint density at radius 1 is 1.20 bits per heavy atom. The fourth-order valence-corrected chi connectivity index (χ4v) is 2.39. The number of hydrogen-bond acceptors (Lipinski definition) is 2. The van der Waals surface area contributed by atoms with E-state index in [4.69, 9.17) is 11.6 Å². The van der Waals surface area contributed by atoms with Crippen LogP contribution in [0.25, 0.3) is 0 Å². The molecule has 0 saturated heterocycles. The second-order valence-electron chi connectivity index (χ2n) is 4.89. The number of benzene rings is 1. The summed E-state index contributed by atoms with van der Waals surface area (Å²) in [5.74, 6) is 0.534. The first-order valence-corrected chi connectivity index (χ1v) is 6.82. The van der Waals surface area contributed by atoms with Gasteiger partial charge in [-0.15, -0.1) is 0 Å². The summed E-state index contributed by atoms with van der Waals surface area (Å²) >= 11 is 6.01. The molecule has 1 fully saturated rings. The minimum absolute atomic E-state index is 0.249. The average molecular weight is 288 g/mol. The highest BCUT2D eigenvalue weighted by atomic mass is 35.5. The van der Waals surface area contributed by atoms with Crippen molar-refractivity contribution in [3.05, 3.63) is 59.2 Å². The Morgan fingerprint density at radius 2 is 2.05 bits per heavy atom. The number of aromatic nitrogens is 1. The van der Waals surface area contributed by atoms with Gasteiger partial charge in [0, 0.05) is 11.2 Å². The Labute approximate surface area is 122 Å². The Morgan fingerprint density at radius 3 is 2.70 bits per heavy atom. The van der Waals surface area contributed by atoms with E-state index in [2.05, 4.69) is 15.6 Å². The van der Waals surface area contributed by atoms with E-state index < -0.39 is 0 Å². The van der Waals surface area contributed by atoms with Crippen LogP contribution >= 0.6 is 11.6 Å². The molecule has 1 heterocycles. The Hall–Kier alpha value is -2.07. The summed E-state index contributed by atoms with van der Waals surface area (Å²) in [6.45, 7) is 0. The highest BCUT2D eigenvalue weighted by Crippen LogP contribution is 2.45. The first-order chi connectivity index (χ1) is 9.68. The van der Waals surface area contributed by atoms with Gasteiger partial charge in [-0.1, -0.05) is 29.8 Å². The van der Waals surface area contributed by atoms with Gasteiger partial charge in [-0.05, 0) is 42.7 Å². The molecule has 3 rings (SSSR count). The van der Waals surface area contributed by atoms with Crippen molar-refractivity contribution in [2.24, 2.45) is 0 Å². The van der Waals surface area contributed by atoms with Gasteiger partial charge in [0.05, 0.1) is 5.54 Å². The fourth-order valence-electron chi connectivity index (χ4n) is 2.20. The molecule has 2 amide bonds. The lowest BCUT2D eigenvalue weighted by atomic mass is 10.1. The van der Waals surface area contributed by atoms with Gasteiger partial charge in [0.25, 0.3) is 0 Å². The molecule has 0 spiro atoms. The lowest BCUT2D eigenvalue weighted by Gasteiger charge is -2.18. The molecule has 2 N–H and O–H groups in total. The van der Waals surface area contributed by atoms with Crippen molar-refractivity contribution in [2.75, 3.05) is 5.32 Å². The quantitative estimate of drug-likeness (QED) is 0.907. The number of amides is 2. The third-order valence-electron chi connectivity index (χ3n) is 3.39. The topological polar surface area (TPSA) is 54.0 Å². The standard InChI is InChI=1S/C15H14ClN3O/c16-12-5-3-4-11(10-12)15(7-8-15)19-14(20)18-13-6-1-2-9-17-13/h1-6,9-10H,7-8H2,(H2,17,18,19,20). The number of pyridine rings is 1. The maximum absolute atomic E-state index is 12.0. The number of rotatable bonds is 3. The van der Waals surface area contributed by atoms with Crippen LogP contribution in [0.3, 0.4) is 0 Å². The van der Waals surface area contributed by atoms with Crippen molar-refractivity contribution in [3.8, 4) is 0 Å². The van der Waals surface area contributed by atoms with Crippen LogP contribution in [0.1, 0.15) is 18.4 Å². The molecule has 0 radical (unpaired) electrons. The lowest BCUT2D eigenvalue weighted by molar-refractivity contribution is 0.247. The molecule has 1 aromatic carbocycles. The van der Waals surface area contributed by atoms with E-state index in [1.165, 1.54) is 0 Å². The van der Waals surface area contributed by atoms with Crippen LogP contribution in [0.5, 0.6) is 0 Å². The van der Waals surface area contributed by atoms with Gasteiger partial charge in [-0.2, -0.15) is 0 Å². The molecular formula is C15H14ClN3O. The van der Waals surface area contributed by atoms with Crippen LogP contribution in [0.4, 0.5) is 10.6 Å². The van der Waals surface area contributed by atoms with E-state index in [0.717, 1.165) is 18.4 Å². The van der Waals surface area contributed by atoms with E-state index in [0.29, 0.717) is 10.8 Å². The zero-order valence-electron chi connectivity index (χ0n) is 10.8. The van der Waals surface area contributed by atoms with Crippen LogP contribution in [0, 0.1) is 0 Å². The third-order valence-corrected chi connectivity index (χ3v) is 3.62. The number of hydrogen-bond donors (Lipinski definition) is 2. The summed E-state index contributed by atoms with van der Waals surface area (Å²) < 4.78 is 0. The number of nitrogens with zero attached hydrogens (tertiary/aromatic N) is 1. The Balaban J connectivity index is 1.70. The summed E-state index contributed by atoms with van der Waals surface area (Å²) in [6, 6.07) is 12.7. The molecule has 1 aromatic heterocycles. The SMILES string of the molecule is O=C(Nc1ccccn1)NC1(c2cccc(Cl)c2)CC1. The van der Waals surface area contributed by atoms with Gasteiger partial charge in [-0.25, -0.2) is 9.78 Å². The molecule has 0 bridgehead atoms. The second-order valence-corrected chi connectivity index (χ2v) is 5.32. The Kier molecular flexibility index (Phi) is 3.32.